The number of amides is 1. The van der Waals surface area contributed by atoms with E-state index in [2.05, 4.69) is 16.5 Å². The number of nitrogens with zero attached hydrogens (tertiary/aromatic N) is 2. The molecule has 0 atom stereocenters. The quantitative estimate of drug-likeness (QED) is 0.447. The Kier molecular flexibility index (Phi) is 7.17. The van der Waals surface area contributed by atoms with Crippen molar-refractivity contribution in [2.75, 3.05) is 7.11 Å². The number of aryl methyl sites for hydroxylation is 1. The van der Waals surface area contributed by atoms with Gasteiger partial charge in [-0.05, 0) is 37.6 Å². The molecule has 0 bridgehead atoms. The van der Waals surface area contributed by atoms with E-state index in [1.807, 2.05) is 25.1 Å². The Labute approximate surface area is 184 Å². The first-order chi connectivity index (χ1) is 14.0. The predicted octanol–water partition coefficient (Wildman–Crippen LogP) is 6.25. The van der Waals surface area contributed by atoms with E-state index < -0.39 is 0 Å². The molecule has 152 valence electrons. The molecule has 2 aromatic carbocycles. The van der Waals surface area contributed by atoms with E-state index in [9.17, 15) is 4.79 Å². The van der Waals surface area contributed by atoms with Crippen LogP contribution in [0.5, 0.6) is 5.75 Å². The standard InChI is InChI=1S/C22H22Cl2N2O2S/c1-4-8-19-20(14-11-12-16(23)17(24)13-14)26(5-2)22(29-19)25-21(27)15-9-6-7-10-18(15)28-3/h6-7,9-13H,4-5,8H2,1-3H3. The maximum Gasteiger partial charge on any atom is 0.283 e. The van der Waals surface area contributed by atoms with Crippen LogP contribution < -0.4 is 9.54 Å². The molecule has 0 unspecified atom stereocenters. The Morgan fingerprint density at radius 3 is 2.55 bits per heavy atom. The summed E-state index contributed by atoms with van der Waals surface area (Å²) in [5.41, 5.74) is 2.44. The first-order valence-electron chi connectivity index (χ1n) is 9.40. The van der Waals surface area contributed by atoms with Crippen LogP contribution in [0.1, 0.15) is 35.5 Å². The Morgan fingerprint density at radius 2 is 1.90 bits per heavy atom. The van der Waals surface area contributed by atoms with E-state index in [0.717, 1.165) is 24.1 Å². The smallest absolute Gasteiger partial charge is 0.283 e. The van der Waals surface area contributed by atoms with Crippen molar-refractivity contribution in [3.05, 3.63) is 67.8 Å². The van der Waals surface area contributed by atoms with E-state index in [4.69, 9.17) is 27.9 Å². The predicted molar refractivity (Wildman–Crippen MR) is 120 cm³/mol. The van der Waals surface area contributed by atoms with Crippen molar-refractivity contribution in [2.24, 2.45) is 4.99 Å². The highest BCUT2D eigenvalue weighted by atomic mass is 35.5. The Hall–Kier alpha value is -2.08. The molecule has 0 N–H and O–H groups in total. The van der Waals surface area contributed by atoms with Crippen LogP contribution in [0.25, 0.3) is 11.3 Å². The third kappa shape index (κ3) is 4.58. The molecule has 0 fully saturated rings. The second-order valence-corrected chi connectivity index (χ2v) is 8.27. The lowest BCUT2D eigenvalue weighted by atomic mass is 10.1. The molecule has 0 radical (unpaired) electrons. The SMILES string of the molecule is CCCc1sc(=NC(=O)c2ccccc2OC)n(CC)c1-c1ccc(Cl)c(Cl)c1. The zero-order chi connectivity index (χ0) is 21.0. The van der Waals surface area contributed by atoms with Crippen molar-refractivity contribution in [1.29, 1.82) is 0 Å². The molecule has 0 aliphatic heterocycles. The zero-order valence-electron chi connectivity index (χ0n) is 16.5. The number of halogens is 2. The lowest BCUT2D eigenvalue weighted by Gasteiger charge is -2.10. The third-order valence-corrected chi connectivity index (χ3v) is 6.38. The normalized spacial score (nSPS) is 11.7. The molecule has 0 spiro atoms. The molecule has 3 aromatic rings. The highest BCUT2D eigenvalue weighted by molar-refractivity contribution is 7.09. The average molecular weight is 449 g/mol. The molecule has 3 rings (SSSR count). The minimum Gasteiger partial charge on any atom is -0.496 e. The number of hydrogen-bond donors (Lipinski definition) is 0. The zero-order valence-corrected chi connectivity index (χ0v) is 18.9. The number of para-hydroxylation sites is 1. The number of ether oxygens (including phenoxy) is 1. The molecular formula is C22H22Cl2N2O2S. The number of carbonyl (C=O) groups excluding carboxylic acids is 1. The number of methoxy groups -OCH3 is 1. The molecule has 0 saturated carbocycles. The monoisotopic (exact) mass is 448 g/mol. The van der Waals surface area contributed by atoms with Gasteiger partial charge in [-0.3, -0.25) is 4.79 Å². The second-order valence-electron chi connectivity index (χ2n) is 6.40. The Balaban J connectivity index is 2.18. The Morgan fingerprint density at radius 1 is 1.14 bits per heavy atom. The van der Waals surface area contributed by atoms with Gasteiger partial charge in [-0.2, -0.15) is 4.99 Å². The summed E-state index contributed by atoms with van der Waals surface area (Å²) in [6.45, 7) is 4.84. The van der Waals surface area contributed by atoms with Crippen molar-refractivity contribution in [3.63, 3.8) is 0 Å². The van der Waals surface area contributed by atoms with Gasteiger partial charge in [-0.15, -0.1) is 11.3 Å². The summed E-state index contributed by atoms with van der Waals surface area (Å²) in [7, 11) is 1.55. The van der Waals surface area contributed by atoms with Gasteiger partial charge < -0.3 is 9.30 Å². The van der Waals surface area contributed by atoms with E-state index in [0.29, 0.717) is 32.7 Å². The summed E-state index contributed by atoms with van der Waals surface area (Å²) in [5.74, 6) is 0.189. The van der Waals surface area contributed by atoms with Crippen LogP contribution in [-0.4, -0.2) is 17.6 Å². The van der Waals surface area contributed by atoms with Crippen molar-refractivity contribution in [3.8, 4) is 17.0 Å². The number of carbonyl (C=O) groups is 1. The summed E-state index contributed by atoms with van der Waals surface area (Å²) < 4.78 is 7.37. The first kappa shape index (κ1) is 21.6. The average Bonchev–Trinajstić information content (AvgIpc) is 3.07. The molecule has 0 aliphatic rings. The minimum atomic E-state index is -0.324. The summed E-state index contributed by atoms with van der Waals surface area (Å²) in [4.78, 5) is 19.2. The summed E-state index contributed by atoms with van der Waals surface area (Å²) in [5, 5.41) is 1.02. The molecule has 4 nitrogen and oxygen atoms in total. The summed E-state index contributed by atoms with van der Waals surface area (Å²) in [6, 6.07) is 12.7. The van der Waals surface area contributed by atoms with Gasteiger partial charge in [0.25, 0.3) is 5.91 Å². The molecule has 0 aliphatic carbocycles. The van der Waals surface area contributed by atoms with Gasteiger partial charge in [-0.1, -0.05) is 54.7 Å². The molecule has 7 heteroatoms. The van der Waals surface area contributed by atoms with Crippen molar-refractivity contribution in [1.82, 2.24) is 4.57 Å². The van der Waals surface area contributed by atoms with Crippen molar-refractivity contribution < 1.29 is 9.53 Å². The van der Waals surface area contributed by atoms with Gasteiger partial charge >= 0.3 is 0 Å². The number of thiazole rings is 1. The maximum atomic E-state index is 12.9. The number of hydrogen-bond acceptors (Lipinski definition) is 3. The fourth-order valence-electron chi connectivity index (χ4n) is 3.16. The summed E-state index contributed by atoms with van der Waals surface area (Å²) in [6.07, 6.45) is 1.87. The maximum absolute atomic E-state index is 12.9. The van der Waals surface area contributed by atoms with E-state index in [1.54, 1.807) is 31.4 Å². The van der Waals surface area contributed by atoms with Gasteiger partial charge in [0, 0.05) is 17.0 Å². The van der Waals surface area contributed by atoms with Crippen LogP contribution in [0.2, 0.25) is 10.0 Å². The molecule has 1 amide bonds. The topological polar surface area (TPSA) is 43.6 Å². The molecule has 29 heavy (non-hydrogen) atoms. The van der Waals surface area contributed by atoms with Gasteiger partial charge in [-0.25, -0.2) is 0 Å². The molecule has 1 aromatic heterocycles. The minimum absolute atomic E-state index is 0.324. The highest BCUT2D eigenvalue weighted by Crippen LogP contribution is 2.32. The van der Waals surface area contributed by atoms with Crippen molar-refractivity contribution >= 4 is 40.4 Å². The number of benzene rings is 2. The van der Waals surface area contributed by atoms with Gasteiger partial charge in [0.1, 0.15) is 5.75 Å². The van der Waals surface area contributed by atoms with E-state index in [1.165, 1.54) is 16.2 Å². The van der Waals surface area contributed by atoms with Crippen molar-refractivity contribution in [2.45, 2.75) is 33.2 Å². The fourth-order valence-corrected chi connectivity index (χ4v) is 4.77. The highest BCUT2D eigenvalue weighted by Gasteiger charge is 2.17. The van der Waals surface area contributed by atoms with Crippen LogP contribution in [-0.2, 0) is 13.0 Å². The lowest BCUT2D eigenvalue weighted by Crippen LogP contribution is -2.17. The van der Waals surface area contributed by atoms with Gasteiger partial charge in [0.15, 0.2) is 4.80 Å². The molecular weight excluding hydrogens is 427 g/mol. The largest absolute Gasteiger partial charge is 0.496 e. The van der Waals surface area contributed by atoms with Gasteiger partial charge in [0.2, 0.25) is 0 Å². The molecule has 1 heterocycles. The molecule has 0 saturated heterocycles. The van der Waals surface area contributed by atoms with Gasteiger partial charge in [0.05, 0.1) is 28.4 Å². The van der Waals surface area contributed by atoms with Crippen LogP contribution in [0.15, 0.2) is 47.5 Å². The fraction of sp³-hybridized carbons (Fsp3) is 0.273. The van der Waals surface area contributed by atoms with E-state index >= 15 is 0 Å². The van der Waals surface area contributed by atoms with Crippen LogP contribution in [0, 0.1) is 0 Å². The first-order valence-corrected chi connectivity index (χ1v) is 11.0. The third-order valence-electron chi connectivity index (χ3n) is 4.50. The van der Waals surface area contributed by atoms with Crippen LogP contribution in [0.4, 0.5) is 0 Å². The number of rotatable bonds is 6. The Bertz CT molecular complexity index is 1100. The second kappa shape index (κ2) is 9.61. The summed E-state index contributed by atoms with van der Waals surface area (Å²) >= 11 is 13.9. The van der Waals surface area contributed by atoms with Crippen LogP contribution in [0.3, 0.4) is 0 Å². The number of aromatic nitrogens is 1. The van der Waals surface area contributed by atoms with Crippen LogP contribution >= 0.6 is 34.5 Å². The lowest BCUT2D eigenvalue weighted by molar-refractivity contribution is 0.0995. The van der Waals surface area contributed by atoms with E-state index in [-0.39, 0.29) is 5.91 Å².